The van der Waals surface area contributed by atoms with E-state index in [2.05, 4.69) is 10.2 Å². The highest BCUT2D eigenvalue weighted by Crippen LogP contribution is 2.43. The molecule has 2 aromatic rings. The average Bonchev–Trinajstić information content (AvgIpc) is 3.18. The molecule has 5 nitrogen and oxygen atoms in total. The van der Waals surface area contributed by atoms with Gasteiger partial charge in [0.2, 0.25) is 0 Å². The van der Waals surface area contributed by atoms with Crippen molar-refractivity contribution in [1.29, 1.82) is 0 Å². The van der Waals surface area contributed by atoms with Gasteiger partial charge in [0.15, 0.2) is 5.76 Å². The topological polar surface area (TPSA) is 62.1 Å². The number of piperidine rings is 1. The van der Waals surface area contributed by atoms with Crippen LogP contribution in [0.25, 0.3) is 0 Å². The van der Waals surface area contributed by atoms with E-state index in [1.54, 1.807) is 18.4 Å². The molecule has 1 aliphatic carbocycles. The third kappa shape index (κ3) is 1.62. The number of aromatic amines is 1. The number of aromatic nitrogens is 2. The second-order valence-corrected chi connectivity index (χ2v) is 5.86. The summed E-state index contributed by atoms with van der Waals surface area (Å²) < 4.78 is 5.24. The van der Waals surface area contributed by atoms with Crippen LogP contribution in [-0.4, -0.2) is 34.1 Å². The maximum Gasteiger partial charge on any atom is 0.289 e. The van der Waals surface area contributed by atoms with Crippen LogP contribution in [-0.2, 0) is 11.8 Å². The van der Waals surface area contributed by atoms with Crippen LogP contribution in [0.3, 0.4) is 0 Å². The zero-order chi connectivity index (χ0) is 13.6. The normalized spacial score (nSPS) is 25.1. The Morgan fingerprint density at radius 2 is 2.40 bits per heavy atom. The largest absolute Gasteiger partial charge is 0.459 e. The smallest absolute Gasteiger partial charge is 0.289 e. The van der Waals surface area contributed by atoms with Gasteiger partial charge in [-0.05, 0) is 43.4 Å². The van der Waals surface area contributed by atoms with Crippen molar-refractivity contribution in [2.75, 3.05) is 13.1 Å². The van der Waals surface area contributed by atoms with E-state index < -0.39 is 0 Å². The molecule has 1 aliphatic heterocycles. The minimum atomic E-state index is 0.00189. The number of carbonyl (C=O) groups excluding carboxylic acids is 1. The number of amides is 1. The lowest BCUT2D eigenvalue weighted by atomic mass is 9.77. The summed E-state index contributed by atoms with van der Waals surface area (Å²) in [6.07, 6.45) is 7.81. The second kappa shape index (κ2) is 4.23. The fraction of sp³-hybridized carbons (Fsp3) is 0.467. The number of fused-ring (bicyclic) bond motifs is 2. The van der Waals surface area contributed by atoms with Gasteiger partial charge < -0.3 is 9.32 Å². The molecule has 4 rings (SSSR count). The lowest BCUT2D eigenvalue weighted by molar-refractivity contribution is 0.0601. The maximum absolute atomic E-state index is 12.5. The molecular formula is C15H17N3O2. The zero-order valence-electron chi connectivity index (χ0n) is 11.3. The Morgan fingerprint density at radius 3 is 3.25 bits per heavy atom. The van der Waals surface area contributed by atoms with E-state index in [9.17, 15) is 4.79 Å². The molecule has 1 saturated heterocycles. The summed E-state index contributed by atoms with van der Waals surface area (Å²) >= 11 is 0. The summed E-state index contributed by atoms with van der Waals surface area (Å²) in [5.74, 6) is 0.437. The molecule has 3 heterocycles. The summed E-state index contributed by atoms with van der Waals surface area (Å²) in [7, 11) is 0. The maximum atomic E-state index is 12.5. The van der Waals surface area contributed by atoms with Crippen LogP contribution in [0.2, 0.25) is 0 Å². The number of nitrogens with one attached hydrogen (secondary N) is 1. The molecule has 1 fully saturated rings. The van der Waals surface area contributed by atoms with Crippen molar-refractivity contribution in [3.63, 3.8) is 0 Å². The highest BCUT2D eigenvalue weighted by atomic mass is 16.3. The van der Waals surface area contributed by atoms with Crippen LogP contribution in [0.5, 0.6) is 0 Å². The van der Waals surface area contributed by atoms with Gasteiger partial charge in [-0.25, -0.2) is 0 Å². The number of hydrogen-bond acceptors (Lipinski definition) is 3. The van der Waals surface area contributed by atoms with Crippen molar-refractivity contribution in [3.05, 3.63) is 41.6 Å². The highest BCUT2D eigenvalue weighted by Gasteiger charge is 2.44. The van der Waals surface area contributed by atoms with E-state index in [1.807, 2.05) is 11.1 Å². The van der Waals surface area contributed by atoms with Gasteiger partial charge in [-0.15, -0.1) is 0 Å². The molecule has 5 heteroatoms. The lowest BCUT2D eigenvalue weighted by Gasteiger charge is -2.40. The highest BCUT2D eigenvalue weighted by molar-refractivity contribution is 5.91. The van der Waals surface area contributed by atoms with Crippen molar-refractivity contribution in [2.45, 2.75) is 31.1 Å². The van der Waals surface area contributed by atoms with Crippen molar-refractivity contribution < 1.29 is 9.21 Å². The predicted octanol–water partition coefficient (Wildman–Crippen LogP) is 2.12. The van der Waals surface area contributed by atoms with Crippen molar-refractivity contribution >= 4 is 5.91 Å². The predicted molar refractivity (Wildman–Crippen MR) is 72.4 cm³/mol. The first-order valence-electron chi connectivity index (χ1n) is 7.14. The summed E-state index contributed by atoms with van der Waals surface area (Å²) in [6, 6.07) is 3.50. The zero-order valence-corrected chi connectivity index (χ0v) is 11.3. The minimum absolute atomic E-state index is 0.00189. The lowest BCUT2D eigenvalue weighted by Crippen LogP contribution is -2.47. The van der Waals surface area contributed by atoms with Crippen LogP contribution in [0, 0.1) is 0 Å². The Labute approximate surface area is 117 Å². The van der Waals surface area contributed by atoms with Gasteiger partial charge in [-0.3, -0.25) is 9.89 Å². The first kappa shape index (κ1) is 11.8. The molecule has 0 bridgehead atoms. The second-order valence-electron chi connectivity index (χ2n) is 5.86. The van der Waals surface area contributed by atoms with Crippen LogP contribution >= 0.6 is 0 Å². The van der Waals surface area contributed by atoms with Crippen LogP contribution in [0.1, 0.15) is 41.1 Å². The van der Waals surface area contributed by atoms with Crippen LogP contribution in [0.4, 0.5) is 0 Å². The van der Waals surface area contributed by atoms with Crippen molar-refractivity contribution in [3.8, 4) is 0 Å². The molecule has 0 aromatic carbocycles. The molecular weight excluding hydrogens is 254 g/mol. The fourth-order valence-electron chi connectivity index (χ4n) is 3.73. The van der Waals surface area contributed by atoms with Gasteiger partial charge in [-0.2, -0.15) is 5.10 Å². The first-order valence-corrected chi connectivity index (χ1v) is 7.14. The quantitative estimate of drug-likeness (QED) is 0.864. The van der Waals surface area contributed by atoms with Gasteiger partial charge in [0.1, 0.15) is 0 Å². The fourth-order valence-corrected chi connectivity index (χ4v) is 3.73. The number of furan rings is 1. The van der Waals surface area contributed by atoms with Crippen LogP contribution in [0.15, 0.2) is 29.0 Å². The minimum Gasteiger partial charge on any atom is -0.459 e. The Balaban J connectivity index is 1.62. The molecule has 2 aromatic heterocycles. The molecule has 1 spiro atoms. The molecule has 1 amide bonds. The average molecular weight is 271 g/mol. The monoisotopic (exact) mass is 271 g/mol. The summed E-state index contributed by atoms with van der Waals surface area (Å²) in [6.45, 7) is 1.58. The van der Waals surface area contributed by atoms with Crippen molar-refractivity contribution in [1.82, 2.24) is 15.1 Å². The van der Waals surface area contributed by atoms with Gasteiger partial charge in [-0.1, -0.05) is 0 Å². The molecule has 0 radical (unpaired) electrons. The molecule has 104 valence electrons. The number of aryl methyl sites for hydroxylation is 1. The summed E-state index contributed by atoms with van der Waals surface area (Å²) in [5.41, 5.74) is 2.64. The third-order valence-electron chi connectivity index (χ3n) is 4.72. The summed E-state index contributed by atoms with van der Waals surface area (Å²) in [5, 5.41) is 7.33. The Kier molecular flexibility index (Phi) is 2.49. The van der Waals surface area contributed by atoms with E-state index in [0.717, 1.165) is 38.8 Å². The van der Waals surface area contributed by atoms with Gasteiger partial charge in [0.25, 0.3) is 5.91 Å². The molecule has 2 aliphatic rings. The third-order valence-corrected chi connectivity index (χ3v) is 4.72. The summed E-state index contributed by atoms with van der Waals surface area (Å²) in [4.78, 5) is 14.4. The molecule has 1 N–H and O–H groups in total. The van der Waals surface area contributed by atoms with Crippen molar-refractivity contribution in [2.24, 2.45) is 0 Å². The number of likely N-dealkylation sites (tertiary alicyclic amines) is 1. The van der Waals surface area contributed by atoms with E-state index >= 15 is 0 Å². The van der Waals surface area contributed by atoms with Gasteiger partial charge in [0.05, 0.1) is 12.5 Å². The number of carbonyl (C=O) groups is 1. The van der Waals surface area contributed by atoms with Gasteiger partial charge in [0, 0.05) is 24.2 Å². The van der Waals surface area contributed by atoms with E-state index in [0.29, 0.717) is 5.76 Å². The molecule has 1 atom stereocenters. The Bertz CT molecular complexity index is 631. The Morgan fingerprint density at radius 1 is 1.45 bits per heavy atom. The molecule has 20 heavy (non-hydrogen) atoms. The van der Waals surface area contributed by atoms with Crippen LogP contribution < -0.4 is 0 Å². The SMILES string of the molecule is O=C(c1ccco1)N1CCCC2(CCc3cn[nH]c32)C1. The first-order chi connectivity index (χ1) is 9.78. The molecule has 0 saturated carbocycles. The number of nitrogens with zero attached hydrogens (tertiary/aromatic N) is 2. The molecule has 1 unspecified atom stereocenters. The number of H-pyrrole nitrogens is 1. The van der Waals surface area contributed by atoms with Gasteiger partial charge >= 0.3 is 0 Å². The standard InChI is InChI=1S/C15H17N3O2/c19-14(12-3-1-8-20-12)18-7-2-5-15(10-18)6-4-11-9-16-17-13(11)15/h1,3,8-9H,2,4-7,10H2,(H,16,17). The van der Waals surface area contributed by atoms with E-state index in [1.165, 1.54) is 11.3 Å². The Hall–Kier alpha value is -2.04. The number of rotatable bonds is 1. The van der Waals surface area contributed by atoms with E-state index in [-0.39, 0.29) is 11.3 Å². The number of hydrogen-bond donors (Lipinski definition) is 1. The van der Waals surface area contributed by atoms with E-state index in [4.69, 9.17) is 4.42 Å².